The summed E-state index contributed by atoms with van der Waals surface area (Å²) in [6.45, 7) is 3.67. The summed E-state index contributed by atoms with van der Waals surface area (Å²) < 4.78 is 26.1. The number of nitrogens with one attached hydrogen (secondary N) is 1. The van der Waals surface area contributed by atoms with Crippen LogP contribution in [0.4, 0.5) is 10.8 Å². The van der Waals surface area contributed by atoms with E-state index in [4.69, 9.17) is 11.6 Å². The van der Waals surface area contributed by atoms with Gasteiger partial charge in [-0.05, 0) is 37.6 Å². The van der Waals surface area contributed by atoms with E-state index < -0.39 is 22.0 Å². The quantitative estimate of drug-likeness (QED) is 0.561. The lowest BCUT2D eigenvalue weighted by Crippen LogP contribution is -2.47. The van der Waals surface area contributed by atoms with E-state index in [-0.39, 0.29) is 6.42 Å². The van der Waals surface area contributed by atoms with Gasteiger partial charge in [0.1, 0.15) is 11.0 Å². The molecule has 0 radical (unpaired) electrons. The Morgan fingerprint density at radius 1 is 1.13 bits per heavy atom. The Kier molecular flexibility index (Phi) is 6.74. The molecule has 1 amide bonds. The van der Waals surface area contributed by atoms with Crippen molar-refractivity contribution < 1.29 is 13.2 Å². The van der Waals surface area contributed by atoms with Crippen LogP contribution in [-0.2, 0) is 14.8 Å². The van der Waals surface area contributed by atoms with E-state index >= 15 is 0 Å². The van der Waals surface area contributed by atoms with Crippen molar-refractivity contribution in [3.8, 4) is 10.6 Å². The Bertz CT molecular complexity index is 1130. The van der Waals surface area contributed by atoms with Crippen molar-refractivity contribution in [2.45, 2.75) is 26.3 Å². The number of carbonyl (C=O) groups is 1. The van der Waals surface area contributed by atoms with Gasteiger partial charge >= 0.3 is 0 Å². The lowest BCUT2D eigenvalue weighted by Gasteiger charge is -2.29. The van der Waals surface area contributed by atoms with Gasteiger partial charge < -0.3 is 0 Å². The number of halogens is 1. The first-order valence-corrected chi connectivity index (χ1v) is 12.2. The second-order valence-corrected chi connectivity index (χ2v) is 10.0. The molecule has 1 heterocycles. The number of aromatic nitrogens is 2. The summed E-state index contributed by atoms with van der Waals surface area (Å²) in [7, 11) is -3.69. The smallest absolute Gasteiger partial charge is 0.250 e. The van der Waals surface area contributed by atoms with Crippen molar-refractivity contribution in [1.82, 2.24) is 10.2 Å². The molecule has 0 aliphatic rings. The number of sulfonamides is 1. The van der Waals surface area contributed by atoms with Gasteiger partial charge in [-0.3, -0.25) is 14.4 Å². The summed E-state index contributed by atoms with van der Waals surface area (Å²) in [5.74, 6) is -0.470. The highest BCUT2D eigenvalue weighted by Crippen LogP contribution is 2.28. The maximum absolute atomic E-state index is 13.0. The second kappa shape index (κ2) is 9.11. The van der Waals surface area contributed by atoms with Crippen molar-refractivity contribution in [3.05, 3.63) is 59.1 Å². The number of nitrogens with zero attached hydrogens (tertiary/aromatic N) is 3. The third kappa shape index (κ3) is 5.16. The molecule has 1 unspecified atom stereocenters. The van der Waals surface area contributed by atoms with E-state index in [2.05, 4.69) is 15.5 Å². The summed E-state index contributed by atoms with van der Waals surface area (Å²) in [6.07, 6.45) is 1.38. The average Bonchev–Trinajstić information content (AvgIpc) is 3.15. The fourth-order valence-corrected chi connectivity index (χ4v) is 5.01. The van der Waals surface area contributed by atoms with Crippen LogP contribution in [0, 0.1) is 6.92 Å². The van der Waals surface area contributed by atoms with E-state index in [1.54, 1.807) is 43.3 Å². The van der Waals surface area contributed by atoms with Crippen LogP contribution in [0.3, 0.4) is 0 Å². The van der Waals surface area contributed by atoms with Gasteiger partial charge in [0, 0.05) is 10.6 Å². The van der Waals surface area contributed by atoms with E-state index in [1.807, 2.05) is 19.1 Å². The van der Waals surface area contributed by atoms with E-state index in [0.717, 1.165) is 21.7 Å². The minimum Gasteiger partial charge on any atom is -0.299 e. The standard InChI is InChI=1S/C20H21ClN4O3S2/c1-4-17(25(30(3,27)28)16-11-5-13(2)6-12-16)18(26)22-20-24-23-19(29-20)14-7-9-15(21)10-8-14/h5-12,17H,4H2,1-3H3,(H,22,24,26). The maximum atomic E-state index is 13.0. The highest BCUT2D eigenvalue weighted by Gasteiger charge is 2.32. The monoisotopic (exact) mass is 464 g/mol. The molecule has 0 saturated carbocycles. The number of anilines is 2. The molecule has 7 nitrogen and oxygen atoms in total. The molecule has 1 atom stereocenters. The summed E-state index contributed by atoms with van der Waals surface area (Å²) in [4.78, 5) is 13.0. The molecule has 0 bridgehead atoms. The molecule has 2 aromatic carbocycles. The topological polar surface area (TPSA) is 92.3 Å². The third-order valence-electron chi connectivity index (χ3n) is 4.36. The first-order valence-electron chi connectivity index (χ1n) is 9.15. The molecule has 3 aromatic rings. The van der Waals surface area contributed by atoms with Crippen molar-refractivity contribution in [2.75, 3.05) is 15.9 Å². The number of rotatable bonds is 7. The normalized spacial score (nSPS) is 12.4. The molecule has 10 heteroatoms. The lowest BCUT2D eigenvalue weighted by molar-refractivity contribution is -0.117. The van der Waals surface area contributed by atoms with Crippen molar-refractivity contribution >= 4 is 49.7 Å². The molecule has 0 aliphatic carbocycles. The van der Waals surface area contributed by atoms with Crippen LogP contribution in [0.1, 0.15) is 18.9 Å². The number of amides is 1. The summed E-state index contributed by atoms with van der Waals surface area (Å²) in [6, 6.07) is 13.2. The molecule has 3 rings (SSSR count). The maximum Gasteiger partial charge on any atom is 0.250 e. The Labute approximate surface area is 184 Å². The number of hydrogen-bond donors (Lipinski definition) is 1. The zero-order valence-corrected chi connectivity index (χ0v) is 19.1. The predicted molar refractivity (Wildman–Crippen MR) is 122 cm³/mol. The number of carbonyl (C=O) groups excluding carboxylic acids is 1. The molecule has 1 N–H and O–H groups in total. The third-order valence-corrected chi connectivity index (χ3v) is 6.68. The molecule has 0 aliphatic heterocycles. The van der Waals surface area contributed by atoms with Crippen LogP contribution in [0.5, 0.6) is 0 Å². The van der Waals surface area contributed by atoms with Gasteiger partial charge in [0.15, 0.2) is 0 Å². The van der Waals surface area contributed by atoms with Crippen molar-refractivity contribution in [2.24, 2.45) is 0 Å². The van der Waals surface area contributed by atoms with Gasteiger partial charge in [0.05, 0.1) is 11.9 Å². The van der Waals surface area contributed by atoms with Crippen LogP contribution in [0.25, 0.3) is 10.6 Å². The van der Waals surface area contributed by atoms with Crippen molar-refractivity contribution in [3.63, 3.8) is 0 Å². The molecule has 0 fully saturated rings. The number of benzene rings is 2. The Morgan fingerprint density at radius 3 is 2.33 bits per heavy atom. The highest BCUT2D eigenvalue weighted by atomic mass is 35.5. The van der Waals surface area contributed by atoms with Crippen LogP contribution >= 0.6 is 22.9 Å². The second-order valence-electron chi connectivity index (χ2n) is 6.73. The van der Waals surface area contributed by atoms with Crippen LogP contribution in [-0.4, -0.2) is 36.8 Å². The number of aryl methyl sites for hydroxylation is 1. The highest BCUT2D eigenvalue weighted by molar-refractivity contribution is 7.92. The van der Waals surface area contributed by atoms with Gasteiger partial charge in [-0.15, -0.1) is 10.2 Å². The van der Waals surface area contributed by atoms with E-state index in [1.165, 1.54) is 11.3 Å². The zero-order chi connectivity index (χ0) is 21.9. The molecule has 30 heavy (non-hydrogen) atoms. The molecular weight excluding hydrogens is 444 g/mol. The molecule has 0 saturated heterocycles. The first-order chi connectivity index (χ1) is 14.2. The van der Waals surface area contributed by atoms with Crippen LogP contribution in [0.15, 0.2) is 48.5 Å². The Balaban J connectivity index is 1.84. The molecular formula is C20H21ClN4O3S2. The lowest BCUT2D eigenvalue weighted by atomic mass is 10.1. The van der Waals surface area contributed by atoms with E-state index in [0.29, 0.717) is 20.8 Å². The number of hydrogen-bond acceptors (Lipinski definition) is 6. The van der Waals surface area contributed by atoms with Crippen molar-refractivity contribution in [1.29, 1.82) is 0 Å². The Morgan fingerprint density at radius 2 is 1.77 bits per heavy atom. The van der Waals surface area contributed by atoms with Gasteiger partial charge in [-0.1, -0.05) is 59.7 Å². The molecule has 0 spiro atoms. The SMILES string of the molecule is CCC(C(=O)Nc1nnc(-c2ccc(Cl)cc2)s1)N(c1ccc(C)cc1)S(C)(=O)=O. The Hall–Kier alpha value is -2.49. The fourth-order valence-electron chi connectivity index (χ4n) is 2.92. The minimum absolute atomic E-state index is 0.287. The van der Waals surface area contributed by atoms with Gasteiger partial charge in [-0.25, -0.2) is 8.42 Å². The van der Waals surface area contributed by atoms with Crippen LogP contribution < -0.4 is 9.62 Å². The summed E-state index contributed by atoms with van der Waals surface area (Å²) in [5.41, 5.74) is 2.25. The summed E-state index contributed by atoms with van der Waals surface area (Å²) in [5, 5.41) is 12.3. The van der Waals surface area contributed by atoms with E-state index in [9.17, 15) is 13.2 Å². The molecule has 1 aromatic heterocycles. The van der Waals surface area contributed by atoms with Gasteiger partial charge in [0.2, 0.25) is 21.1 Å². The first kappa shape index (κ1) is 22.2. The van der Waals surface area contributed by atoms with Gasteiger partial charge in [0.25, 0.3) is 0 Å². The fraction of sp³-hybridized carbons (Fsp3) is 0.250. The minimum atomic E-state index is -3.69. The molecule has 158 valence electrons. The van der Waals surface area contributed by atoms with Crippen LogP contribution in [0.2, 0.25) is 5.02 Å². The predicted octanol–water partition coefficient (Wildman–Crippen LogP) is 4.35. The average molecular weight is 465 g/mol. The van der Waals surface area contributed by atoms with Gasteiger partial charge in [-0.2, -0.15) is 0 Å². The largest absolute Gasteiger partial charge is 0.299 e. The summed E-state index contributed by atoms with van der Waals surface area (Å²) >= 11 is 7.11. The zero-order valence-electron chi connectivity index (χ0n) is 16.7.